The number of halogens is 1. The van der Waals surface area contributed by atoms with Crippen LogP contribution in [0.2, 0.25) is 0 Å². The molecule has 244 valence electrons. The highest BCUT2D eigenvalue weighted by Gasteiger charge is 2.36. The minimum atomic E-state index is -3.11. The van der Waals surface area contributed by atoms with Gasteiger partial charge in [0.25, 0.3) is 0 Å². The van der Waals surface area contributed by atoms with Crippen molar-refractivity contribution in [3.05, 3.63) is 82.4 Å². The fourth-order valence-electron chi connectivity index (χ4n) is 5.85. The summed E-state index contributed by atoms with van der Waals surface area (Å²) in [6.45, 7) is 7.97. The van der Waals surface area contributed by atoms with Crippen LogP contribution in [0, 0.1) is 11.7 Å². The highest BCUT2D eigenvalue weighted by Crippen LogP contribution is 2.41. The smallest absolute Gasteiger partial charge is 0.306 e. The van der Waals surface area contributed by atoms with Crippen LogP contribution in [0.1, 0.15) is 69.6 Å². The van der Waals surface area contributed by atoms with Crippen LogP contribution in [-0.4, -0.2) is 55.7 Å². The normalized spacial score (nSPS) is 20.4. The molecule has 1 fully saturated rings. The van der Waals surface area contributed by atoms with E-state index in [-0.39, 0.29) is 67.5 Å². The highest BCUT2D eigenvalue weighted by molar-refractivity contribution is 7.91. The maximum atomic E-state index is 14.7. The summed E-state index contributed by atoms with van der Waals surface area (Å²) in [5, 5.41) is 17.1. The number of aryl methyl sites for hydroxylation is 1. The molecule has 4 rings (SSSR count). The van der Waals surface area contributed by atoms with Crippen LogP contribution in [0.3, 0.4) is 0 Å². The number of anilines is 2. The summed E-state index contributed by atoms with van der Waals surface area (Å²) in [7, 11) is -3.11. The van der Waals surface area contributed by atoms with Crippen LogP contribution in [0.15, 0.2) is 59.9 Å². The van der Waals surface area contributed by atoms with Gasteiger partial charge in [-0.15, -0.1) is 0 Å². The molecule has 1 amide bonds. The van der Waals surface area contributed by atoms with Crippen LogP contribution in [-0.2, 0) is 41.9 Å². The number of ether oxygens (including phenoxy) is 2. The number of esters is 1. The molecule has 0 spiro atoms. The van der Waals surface area contributed by atoms with Crippen molar-refractivity contribution in [1.82, 2.24) is 0 Å². The van der Waals surface area contributed by atoms with E-state index in [1.165, 1.54) is 13.0 Å². The van der Waals surface area contributed by atoms with E-state index in [1.807, 2.05) is 37.3 Å². The minimum absolute atomic E-state index is 0.0147. The summed E-state index contributed by atoms with van der Waals surface area (Å²) in [5.74, 6) is -0.504. The molecule has 0 bridgehead atoms. The van der Waals surface area contributed by atoms with Gasteiger partial charge in [0.05, 0.1) is 18.1 Å². The minimum Gasteiger partial charge on any atom is -0.491 e. The number of nitrogens with one attached hydrogen (secondary N) is 2. The summed E-state index contributed by atoms with van der Waals surface area (Å²) in [6, 6.07) is 10.7. The second kappa shape index (κ2) is 14.6. The molecule has 2 aliphatic rings. The van der Waals surface area contributed by atoms with Crippen LogP contribution in [0.4, 0.5) is 15.8 Å². The monoisotopic (exact) mass is 642 g/mol. The Balaban J connectivity index is 1.45. The van der Waals surface area contributed by atoms with Crippen molar-refractivity contribution in [2.45, 2.75) is 71.4 Å². The molecule has 0 aromatic heterocycles. The summed E-state index contributed by atoms with van der Waals surface area (Å²) in [4.78, 5) is 23.7. The van der Waals surface area contributed by atoms with Crippen molar-refractivity contribution in [3.8, 4) is 0 Å². The fraction of sp³-hybridized carbons (Fsp3) is 0.471. The number of benzene rings is 2. The number of aliphatic hydroxyl groups is 1. The molecule has 1 aliphatic heterocycles. The van der Waals surface area contributed by atoms with E-state index >= 15 is 0 Å². The fourth-order valence-corrected chi connectivity index (χ4v) is 7.43. The van der Waals surface area contributed by atoms with Gasteiger partial charge in [0.2, 0.25) is 5.91 Å². The van der Waals surface area contributed by atoms with Gasteiger partial charge in [-0.05, 0) is 86.1 Å². The van der Waals surface area contributed by atoms with Gasteiger partial charge in [-0.2, -0.15) is 0 Å². The number of sulfone groups is 1. The highest BCUT2D eigenvalue weighted by atomic mass is 32.2. The number of carbonyl (C=O) groups is 2. The predicted octanol–water partition coefficient (Wildman–Crippen LogP) is 5.41. The molecule has 9 nitrogen and oxygen atoms in total. The van der Waals surface area contributed by atoms with Gasteiger partial charge < -0.3 is 25.2 Å². The van der Waals surface area contributed by atoms with E-state index in [1.54, 1.807) is 19.1 Å². The zero-order chi connectivity index (χ0) is 32.8. The molecule has 1 aliphatic carbocycles. The maximum Gasteiger partial charge on any atom is 0.306 e. The molecule has 2 aromatic rings. The number of rotatable bonds is 12. The van der Waals surface area contributed by atoms with Crippen molar-refractivity contribution in [3.63, 3.8) is 0 Å². The summed E-state index contributed by atoms with van der Waals surface area (Å²) in [5.41, 5.74) is 3.44. The van der Waals surface area contributed by atoms with Gasteiger partial charge in [0, 0.05) is 37.2 Å². The average molecular weight is 643 g/mol. The number of carbonyl (C=O) groups excluding carboxylic acids is 2. The van der Waals surface area contributed by atoms with E-state index in [4.69, 9.17) is 9.47 Å². The molecule has 2 atom stereocenters. The first-order valence-electron chi connectivity index (χ1n) is 15.3. The number of amides is 1. The Hall–Kier alpha value is -3.70. The molecule has 3 N–H and O–H groups in total. The van der Waals surface area contributed by atoms with E-state index in [9.17, 15) is 27.5 Å². The third-order valence-corrected chi connectivity index (χ3v) is 9.95. The Labute approximate surface area is 264 Å². The second-order valence-electron chi connectivity index (χ2n) is 12.0. The number of allylic oxidation sites excluding steroid dienone is 3. The third kappa shape index (κ3) is 9.40. The van der Waals surface area contributed by atoms with Gasteiger partial charge >= 0.3 is 5.97 Å². The molecule has 1 saturated heterocycles. The lowest BCUT2D eigenvalue weighted by atomic mass is 9.77. The Morgan fingerprint density at radius 3 is 2.51 bits per heavy atom. The summed E-state index contributed by atoms with van der Waals surface area (Å²) in [6.07, 6.45) is 4.58. The number of hydrogen-bond acceptors (Lipinski definition) is 8. The molecular formula is C34H43FN2O7S. The lowest BCUT2D eigenvalue weighted by Crippen LogP contribution is -2.42. The second-order valence-corrected chi connectivity index (χ2v) is 14.3. The lowest BCUT2D eigenvalue weighted by Gasteiger charge is -2.33. The van der Waals surface area contributed by atoms with Crippen molar-refractivity contribution < 1.29 is 37.0 Å². The molecule has 2 aromatic carbocycles. The molecule has 1 heterocycles. The van der Waals surface area contributed by atoms with E-state index in [0.29, 0.717) is 35.8 Å². The van der Waals surface area contributed by atoms with E-state index in [0.717, 1.165) is 16.7 Å². The van der Waals surface area contributed by atoms with Crippen LogP contribution < -0.4 is 10.6 Å². The van der Waals surface area contributed by atoms with Gasteiger partial charge in [0.15, 0.2) is 9.84 Å². The van der Waals surface area contributed by atoms with Crippen LogP contribution >= 0.6 is 0 Å². The first-order valence-corrected chi connectivity index (χ1v) is 17.1. The Morgan fingerprint density at radius 1 is 1.13 bits per heavy atom. The quantitative estimate of drug-likeness (QED) is 0.262. The van der Waals surface area contributed by atoms with Gasteiger partial charge in [-0.25, -0.2) is 12.8 Å². The first kappa shape index (κ1) is 34.2. The zero-order valence-corrected chi connectivity index (χ0v) is 27.1. The number of hydrogen-bond donors (Lipinski definition) is 3. The van der Waals surface area contributed by atoms with Gasteiger partial charge in [0.1, 0.15) is 23.8 Å². The van der Waals surface area contributed by atoms with Crippen molar-refractivity contribution >= 4 is 33.1 Å². The third-order valence-electron chi connectivity index (χ3n) is 8.29. The molecule has 11 heteroatoms. The Bertz CT molecular complexity index is 1570. The van der Waals surface area contributed by atoms with Crippen molar-refractivity contribution in [1.29, 1.82) is 0 Å². The Kier molecular flexibility index (Phi) is 11.1. The maximum absolute atomic E-state index is 14.7. The van der Waals surface area contributed by atoms with E-state index in [2.05, 4.69) is 17.6 Å². The average Bonchev–Trinajstić information content (AvgIpc) is 2.97. The largest absolute Gasteiger partial charge is 0.491 e. The van der Waals surface area contributed by atoms with Gasteiger partial charge in [-0.3, -0.25) is 9.59 Å². The molecule has 2 unspecified atom stereocenters. The SMILES string of the molecule is CCOC(=O)CCc1ccc(NCc2ccc(NC(C)=O)c(C3C(C)=CC(OCC4(O)CCS(=O)(=O)CC4)=CC3C)c2)cc1F. The van der Waals surface area contributed by atoms with Crippen LogP contribution in [0.25, 0.3) is 0 Å². The van der Waals surface area contributed by atoms with Crippen molar-refractivity contribution in [2.24, 2.45) is 5.92 Å². The molecule has 45 heavy (non-hydrogen) atoms. The van der Waals surface area contributed by atoms with Crippen LogP contribution in [0.5, 0.6) is 0 Å². The Morgan fingerprint density at radius 2 is 1.87 bits per heavy atom. The van der Waals surface area contributed by atoms with Crippen molar-refractivity contribution in [2.75, 3.05) is 35.4 Å². The standard InChI is InChI=1S/C34H43FN2O7S/c1-5-43-32(39)11-8-26-7-9-27(19-30(26)35)36-20-25-6-10-31(37-24(4)38)29(18-25)33-22(2)16-28(17-23(33)3)44-21-34(40)12-14-45(41,42)15-13-34/h6-7,9-10,16-19,22,33,36,40H,5,8,11-15,20-21H2,1-4H3,(H,37,38). The summed E-state index contributed by atoms with van der Waals surface area (Å²) >= 11 is 0. The molecule has 0 radical (unpaired) electrons. The first-order chi connectivity index (χ1) is 21.3. The molecule has 0 saturated carbocycles. The lowest BCUT2D eigenvalue weighted by molar-refractivity contribution is -0.143. The zero-order valence-electron chi connectivity index (χ0n) is 26.3. The van der Waals surface area contributed by atoms with E-state index < -0.39 is 21.3 Å². The topological polar surface area (TPSA) is 131 Å². The molecular weight excluding hydrogens is 599 g/mol. The van der Waals surface area contributed by atoms with Gasteiger partial charge in [-0.1, -0.05) is 30.7 Å². The summed E-state index contributed by atoms with van der Waals surface area (Å²) < 4.78 is 49.2. The predicted molar refractivity (Wildman–Crippen MR) is 172 cm³/mol.